The van der Waals surface area contributed by atoms with Gasteiger partial charge in [0.15, 0.2) is 0 Å². The summed E-state index contributed by atoms with van der Waals surface area (Å²) >= 11 is 3.33. The number of imide groups is 1. The third-order valence-corrected chi connectivity index (χ3v) is 4.84. The zero-order valence-electron chi connectivity index (χ0n) is 16.2. The molecule has 0 saturated carbocycles. The number of carbonyl (C=O) groups excluding carboxylic acids is 2. The molecule has 0 radical (unpaired) electrons. The van der Waals surface area contributed by atoms with E-state index >= 15 is 0 Å². The Morgan fingerprint density at radius 3 is 2.53 bits per heavy atom. The lowest BCUT2D eigenvalue weighted by molar-refractivity contribution is -0.131. The van der Waals surface area contributed by atoms with Crippen LogP contribution in [0.25, 0.3) is 0 Å². The van der Waals surface area contributed by atoms with Gasteiger partial charge < -0.3 is 14.9 Å². The molecule has 0 heterocycles. The van der Waals surface area contributed by atoms with Crippen molar-refractivity contribution < 1.29 is 29.3 Å². The smallest absolute Gasteiger partial charge is 0.414 e. The molecular weight excluding hydrogens is 454 g/mol. The van der Waals surface area contributed by atoms with Gasteiger partial charge in [-0.15, -0.1) is 0 Å². The number of aliphatic carboxylic acids is 1. The second-order valence-electron chi connectivity index (χ2n) is 6.64. The lowest BCUT2D eigenvalue weighted by Crippen LogP contribution is -2.33. The van der Waals surface area contributed by atoms with Crippen LogP contribution in [0.5, 0.6) is 5.75 Å². The second kappa shape index (κ2) is 11.2. The number of allylic oxidation sites excluding steroid dienone is 1. The van der Waals surface area contributed by atoms with Gasteiger partial charge in [-0.25, -0.2) is 9.59 Å². The molecule has 2 aromatic rings. The van der Waals surface area contributed by atoms with Crippen LogP contribution in [0, 0.1) is 5.92 Å². The molecule has 2 rings (SSSR count). The molecule has 3 N–H and O–H groups in total. The normalized spacial score (nSPS) is 12.9. The van der Waals surface area contributed by atoms with Gasteiger partial charge in [0.1, 0.15) is 11.9 Å². The summed E-state index contributed by atoms with van der Waals surface area (Å²) in [4.78, 5) is 35.2. The van der Waals surface area contributed by atoms with E-state index in [4.69, 9.17) is 9.84 Å². The summed E-state index contributed by atoms with van der Waals surface area (Å²) in [6.07, 6.45) is 1.68. The number of alkyl carbamates (subject to hydrolysis) is 1. The van der Waals surface area contributed by atoms with E-state index in [-0.39, 0.29) is 11.7 Å². The lowest BCUT2D eigenvalue weighted by atomic mass is 9.92. The van der Waals surface area contributed by atoms with Gasteiger partial charge >= 0.3 is 12.1 Å². The minimum atomic E-state index is -1.04. The maximum atomic E-state index is 12.4. The van der Waals surface area contributed by atoms with Gasteiger partial charge in [-0.1, -0.05) is 47.1 Å². The predicted octanol–water partition coefficient (Wildman–Crippen LogP) is 4.82. The van der Waals surface area contributed by atoms with Crippen LogP contribution in [-0.4, -0.2) is 28.2 Å². The summed E-state index contributed by atoms with van der Waals surface area (Å²) in [5, 5.41) is 21.2. The van der Waals surface area contributed by atoms with Gasteiger partial charge in [-0.3, -0.25) is 10.1 Å². The number of phenolic OH excluding ortho intramolecular Hbond substituents is 1. The fraction of sp³-hybridized carbons (Fsp3) is 0.227. The molecule has 2 amide bonds. The van der Waals surface area contributed by atoms with E-state index in [0.717, 1.165) is 6.08 Å². The first-order chi connectivity index (χ1) is 14.3. The number of aromatic hydroxyl groups is 1. The average molecular weight is 476 g/mol. The number of hydrogen-bond acceptors (Lipinski definition) is 5. The fourth-order valence-corrected chi connectivity index (χ4v) is 3.21. The van der Waals surface area contributed by atoms with Crippen molar-refractivity contribution in [2.75, 3.05) is 0 Å². The molecule has 0 unspecified atom stereocenters. The maximum Gasteiger partial charge on any atom is 0.414 e. The van der Waals surface area contributed by atoms with Crippen molar-refractivity contribution in [1.29, 1.82) is 0 Å². The molecule has 0 fully saturated rings. The first-order valence-electron chi connectivity index (χ1n) is 9.22. The van der Waals surface area contributed by atoms with Crippen LogP contribution in [0.3, 0.4) is 0 Å². The molecule has 0 spiro atoms. The van der Waals surface area contributed by atoms with E-state index in [1.54, 1.807) is 42.5 Å². The Labute approximate surface area is 182 Å². The Morgan fingerprint density at radius 1 is 1.17 bits per heavy atom. The van der Waals surface area contributed by atoms with Crippen LogP contribution < -0.4 is 5.32 Å². The molecule has 7 nitrogen and oxygen atoms in total. The zero-order chi connectivity index (χ0) is 22.1. The molecule has 0 aliphatic carbocycles. The van der Waals surface area contributed by atoms with Crippen LogP contribution in [0.2, 0.25) is 0 Å². The van der Waals surface area contributed by atoms with Crippen molar-refractivity contribution in [2.24, 2.45) is 5.92 Å². The first-order valence-corrected chi connectivity index (χ1v) is 10.0. The number of amides is 2. The maximum absolute atomic E-state index is 12.4. The van der Waals surface area contributed by atoms with Gasteiger partial charge in [-0.2, -0.15) is 0 Å². The summed E-state index contributed by atoms with van der Waals surface area (Å²) in [7, 11) is 0. The minimum Gasteiger partial charge on any atom is -0.508 e. The molecule has 0 bridgehead atoms. The average Bonchev–Trinajstić information content (AvgIpc) is 2.71. The first kappa shape index (κ1) is 23.2. The summed E-state index contributed by atoms with van der Waals surface area (Å²) in [6, 6.07) is 13.0. The Hall–Kier alpha value is -3.13. The van der Waals surface area contributed by atoms with E-state index in [2.05, 4.69) is 21.2 Å². The van der Waals surface area contributed by atoms with Gasteiger partial charge in [-0.05, 0) is 49.1 Å². The van der Waals surface area contributed by atoms with Gasteiger partial charge in [0, 0.05) is 21.7 Å². The van der Waals surface area contributed by atoms with Crippen LogP contribution in [0.4, 0.5) is 4.79 Å². The van der Waals surface area contributed by atoms with E-state index in [1.165, 1.54) is 12.1 Å². The third kappa shape index (κ3) is 7.04. The van der Waals surface area contributed by atoms with E-state index in [0.29, 0.717) is 28.4 Å². The molecule has 2 atom stereocenters. The lowest BCUT2D eigenvalue weighted by Gasteiger charge is -2.25. The summed E-state index contributed by atoms with van der Waals surface area (Å²) in [5.74, 6) is -1.98. The zero-order valence-corrected chi connectivity index (χ0v) is 17.8. The fourth-order valence-electron chi connectivity index (χ4n) is 2.83. The molecule has 158 valence electrons. The predicted molar refractivity (Wildman–Crippen MR) is 114 cm³/mol. The number of carboxylic acids is 1. The quantitative estimate of drug-likeness (QED) is 0.471. The Kier molecular flexibility index (Phi) is 8.61. The number of halogens is 1. The number of ether oxygens (including phenoxy) is 1. The Bertz CT molecular complexity index is 928. The van der Waals surface area contributed by atoms with E-state index < -0.39 is 24.1 Å². The summed E-state index contributed by atoms with van der Waals surface area (Å²) in [5.41, 5.74) is 0.685. The number of benzene rings is 2. The van der Waals surface area contributed by atoms with Gasteiger partial charge in [0.25, 0.3) is 5.91 Å². The molecule has 0 saturated heterocycles. The number of phenols is 1. The van der Waals surface area contributed by atoms with E-state index in [1.807, 2.05) is 6.92 Å². The minimum absolute atomic E-state index is 0.0571. The second-order valence-corrected chi connectivity index (χ2v) is 7.56. The number of carbonyl (C=O) groups is 3. The highest BCUT2D eigenvalue weighted by Gasteiger charge is 2.27. The van der Waals surface area contributed by atoms with Crippen molar-refractivity contribution in [2.45, 2.75) is 25.9 Å². The van der Waals surface area contributed by atoms with Gasteiger partial charge in [0.2, 0.25) is 0 Å². The molecule has 0 aliphatic rings. The third-order valence-electron chi connectivity index (χ3n) is 4.35. The molecule has 2 aromatic carbocycles. The largest absolute Gasteiger partial charge is 0.508 e. The van der Waals surface area contributed by atoms with Crippen LogP contribution >= 0.6 is 15.9 Å². The summed E-state index contributed by atoms with van der Waals surface area (Å²) < 4.78 is 6.20. The van der Waals surface area contributed by atoms with Crippen LogP contribution in [0.15, 0.2) is 65.2 Å². The van der Waals surface area contributed by atoms with Crippen LogP contribution in [0.1, 0.15) is 41.8 Å². The molecule has 0 aromatic heterocycles. The van der Waals surface area contributed by atoms with Gasteiger partial charge in [0.05, 0.1) is 0 Å². The van der Waals surface area contributed by atoms with Crippen LogP contribution in [-0.2, 0) is 9.53 Å². The topological polar surface area (TPSA) is 113 Å². The molecule has 0 aliphatic heterocycles. The van der Waals surface area contributed by atoms with Crippen molar-refractivity contribution in [3.05, 3.63) is 76.3 Å². The molecule has 30 heavy (non-hydrogen) atoms. The Morgan fingerprint density at radius 2 is 1.87 bits per heavy atom. The van der Waals surface area contributed by atoms with Crippen molar-refractivity contribution in [1.82, 2.24) is 5.32 Å². The SMILES string of the molecule is C[C@@H](CC/C=C/C(=O)O)[C@@H](OC(=O)NC(=O)c1ccccc1)c1cc(Br)ccc1O. The highest BCUT2D eigenvalue weighted by atomic mass is 79.9. The van der Waals surface area contributed by atoms with Crippen molar-refractivity contribution in [3.63, 3.8) is 0 Å². The van der Waals surface area contributed by atoms with Crippen molar-refractivity contribution in [3.8, 4) is 5.75 Å². The molecular formula is C22H22BrNO6. The Balaban J connectivity index is 2.16. The number of hydrogen-bond donors (Lipinski definition) is 3. The highest BCUT2D eigenvalue weighted by molar-refractivity contribution is 9.10. The number of carboxylic acid groups (broad SMARTS) is 1. The monoisotopic (exact) mass is 475 g/mol. The highest BCUT2D eigenvalue weighted by Crippen LogP contribution is 2.36. The standard InChI is InChI=1S/C22H22BrNO6/c1-14(7-5-6-10-19(26)27)20(17-13-16(23)11-12-18(17)25)30-22(29)24-21(28)15-8-3-2-4-9-15/h2-4,6,8-14,20,25H,5,7H2,1H3,(H,26,27)(H,24,28,29)/b10-6+/t14-,20+/m0/s1. The summed E-state index contributed by atoms with van der Waals surface area (Å²) in [6.45, 7) is 1.81. The number of nitrogens with one attached hydrogen (secondary N) is 1. The molecule has 8 heteroatoms. The van der Waals surface area contributed by atoms with Crippen molar-refractivity contribution >= 4 is 33.9 Å². The number of rotatable bonds is 8. The van der Waals surface area contributed by atoms with E-state index in [9.17, 15) is 19.5 Å².